The number of nitrogens with zero attached hydrogens (tertiary/aromatic N) is 1. The number of hydrogen-bond acceptors (Lipinski definition) is 1. The van der Waals surface area contributed by atoms with Crippen LogP contribution in [0.15, 0.2) is 18.5 Å². The van der Waals surface area contributed by atoms with Gasteiger partial charge in [0.1, 0.15) is 0 Å². The maximum Gasteiger partial charge on any atom is 2.00 e. The number of pyridine rings is 1. The Morgan fingerprint density at radius 3 is 1.87 bits per heavy atom. The van der Waals surface area contributed by atoms with Crippen LogP contribution in [0.25, 0.3) is 0 Å². The van der Waals surface area contributed by atoms with Crippen molar-refractivity contribution in [1.82, 2.24) is 4.98 Å². The van der Waals surface area contributed by atoms with Crippen molar-refractivity contribution < 1.29 is 21.1 Å². The fourth-order valence-corrected chi connectivity index (χ4v) is 0.735. The van der Waals surface area contributed by atoms with Gasteiger partial charge < -0.3 is 10.9 Å². The zero-order valence-electron chi connectivity index (χ0n) is 10.6. The van der Waals surface area contributed by atoms with Crippen LogP contribution in [0.4, 0.5) is 0 Å². The molecule has 84 valence electrons. The van der Waals surface area contributed by atoms with Crippen LogP contribution in [0.5, 0.6) is 0 Å². The van der Waals surface area contributed by atoms with E-state index in [1.165, 1.54) is 11.5 Å². The van der Waals surface area contributed by atoms with E-state index in [1.807, 2.05) is 12.3 Å². The van der Waals surface area contributed by atoms with Crippen LogP contribution in [0.1, 0.15) is 47.1 Å². The van der Waals surface area contributed by atoms with Crippen molar-refractivity contribution in [3.63, 3.8) is 0 Å². The van der Waals surface area contributed by atoms with E-state index in [1.54, 1.807) is 6.20 Å². The van der Waals surface area contributed by atoms with Gasteiger partial charge >= 0.3 is 21.1 Å². The minimum Gasteiger partial charge on any atom is -0.323 e. The Morgan fingerprint density at radius 1 is 1.20 bits per heavy atom. The fraction of sp³-hybridized carbons (Fsp3) is 0.538. The topological polar surface area (TPSA) is 12.9 Å². The average Bonchev–Trinajstić information content (AvgIpc) is 2.03. The molecular formula is C13H21NW. The van der Waals surface area contributed by atoms with Crippen LogP contribution in [0.2, 0.25) is 0 Å². The molecule has 1 nitrogen and oxygen atoms in total. The van der Waals surface area contributed by atoms with E-state index in [-0.39, 0.29) is 26.5 Å². The molecule has 2 heteroatoms. The summed E-state index contributed by atoms with van der Waals surface area (Å²) in [5.74, 6) is 1.42. The molecule has 0 aliphatic carbocycles. The third-order valence-electron chi connectivity index (χ3n) is 1.47. The molecule has 0 saturated heterocycles. The summed E-state index contributed by atoms with van der Waals surface area (Å²) >= 11 is 0. The van der Waals surface area contributed by atoms with Crippen LogP contribution >= 0.6 is 0 Å². The molecule has 0 unspecified atom stereocenters. The molecule has 0 spiro atoms. The molecular weight excluding hydrogens is 354 g/mol. The van der Waals surface area contributed by atoms with Gasteiger partial charge in [-0.25, -0.2) is 12.1 Å². The zero-order valence-corrected chi connectivity index (χ0v) is 13.5. The predicted molar refractivity (Wildman–Crippen MR) is 62.0 cm³/mol. The average molecular weight is 375 g/mol. The van der Waals surface area contributed by atoms with Crippen molar-refractivity contribution in [3.05, 3.63) is 36.0 Å². The van der Waals surface area contributed by atoms with Gasteiger partial charge in [0.2, 0.25) is 0 Å². The quantitative estimate of drug-likeness (QED) is 0.629. The molecule has 1 aromatic heterocycles. The van der Waals surface area contributed by atoms with Gasteiger partial charge in [0, 0.05) is 0 Å². The molecule has 1 rings (SSSR count). The van der Waals surface area contributed by atoms with Gasteiger partial charge in [-0.1, -0.05) is 38.6 Å². The van der Waals surface area contributed by atoms with Gasteiger partial charge in [0.05, 0.1) is 0 Å². The molecule has 0 fully saturated rings. The van der Waals surface area contributed by atoms with Crippen LogP contribution in [0, 0.1) is 12.0 Å². The van der Waals surface area contributed by atoms with Gasteiger partial charge in [-0.3, -0.25) is 0 Å². The van der Waals surface area contributed by atoms with Gasteiger partial charge in [-0.2, -0.15) is 26.3 Å². The summed E-state index contributed by atoms with van der Waals surface area (Å²) < 4.78 is 0. The zero-order chi connectivity index (χ0) is 11.2. The maximum absolute atomic E-state index is 4.00. The van der Waals surface area contributed by atoms with E-state index < -0.39 is 0 Å². The minimum atomic E-state index is 0. The summed E-state index contributed by atoms with van der Waals surface area (Å²) in [5.41, 5.74) is 1.43. The fourth-order valence-electron chi connectivity index (χ4n) is 0.735. The first-order valence-electron chi connectivity index (χ1n) is 4.92. The van der Waals surface area contributed by atoms with Crippen molar-refractivity contribution in [3.8, 4) is 0 Å². The van der Waals surface area contributed by atoms with Crippen molar-refractivity contribution in [1.29, 1.82) is 0 Å². The van der Waals surface area contributed by atoms with Gasteiger partial charge in [0.25, 0.3) is 0 Å². The third kappa shape index (κ3) is 10.1. The Labute approximate surface area is 109 Å². The molecule has 15 heavy (non-hydrogen) atoms. The largest absolute Gasteiger partial charge is 2.00 e. The molecule has 1 aromatic rings. The Balaban J connectivity index is 0. The molecule has 0 bridgehead atoms. The van der Waals surface area contributed by atoms with E-state index >= 15 is 0 Å². The van der Waals surface area contributed by atoms with E-state index in [4.69, 9.17) is 0 Å². The number of hydrogen-bond donors (Lipinski definition) is 0. The predicted octanol–water partition coefficient (Wildman–Crippen LogP) is 3.80. The van der Waals surface area contributed by atoms with Crippen molar-refractivity contribution in [2.24, 2.45) is 0 Å². The minimum absolute atomic E-state index is 0. The van der Waals surface area contributed by atoms with Crippen molar-refractivity contribution >= 4 is 0 Å². The standard InChI is InChI=1S/C9H12N.C4H9.W/c1-9(2,3)8-5-4-6-10-7-8;1-4(2)3;/h5-7H,1-3H3;1-3H3;/q2*-1;+2. The first-order chi connectivity index (χ1) is 6.34. The third-order valence-corrected chi connectivity index (χ3v) is 1.47. The SMILES string of the molecule is CC(C)(C)c1c[c-]cnc1.C[C-](C)C.[W+2]. The van der Waals surface area contributed by atoms with Crippen molar-refractivity contribution in [2.75, 3.05) is 0 Å². The van der Waals surface area contributed by atoms with E-state index in [0.717, 1.165) is 0 Å². The normalized spacial score (nSPS) is 10.1. The summed E-state index contributed by atoms with van der Waals surface area (Å²) in [4.78, 5) is 4.00. The first-order valence-corrected chi connectivity index (χ1v) is 4.92. The maximum atomic E-state index is 4.00. The van der Waals surface area contributed by atoms with Gasteiger partial charge in [0.15, 0.2) is 0 Å². The Morgan fingerprint density at radius 2 is 1.67 bits per heavy atom. The molecule has 0 radical (unpaired) electrons. The van der Waals surface area contributed by atoms with E-state index in [0.29, 0.717) is 0 Å². The summed E-state index contributed by atoms with van der Waals surface area (Å²) in [6, 6.07) is 4.94. The number of rotatable bonds is 0. The second kappa shape index (κ2) is 8.04. The first kappa shape index (κ1) is 17.2. The van der Waals surface area contributed by atoms with E-state index in [9.17, 15) is 0 Å². The van der Waals surface area contributed by atoms with Crippen molar-refractivity contribution in [2.45, 2.75) is 47.0 Å². The van der Waals surface area contributed by atoms with Crippen LogP contribution in [-0.2, 0) is 26.5 Å². The summed E-state index contributed by atoms with van der Waals surface area (Å²) in [5, 5.41) is 0. The van der Waals surface area contributed by atoms with Crippen LogP contribution in [0.3, 0.4) is 0 Å². The molecule has 0 saturated carbocycles. The molecule has 0 amide bonds. The monoisotopic (exact) mass is 375 g/mol. The van der Waals surface area contributed by atoms with Crippen LogP contribution < -0.4 is 0 Å². The second-order valence-electron chi connectivity index (χ2n) is 4.92. The van der Waals surface area contributed by atoms with Gasteiger partial charge in [-0.05, 0) is 0 Å². The van der Waals surface area contributed by atoms with Gasteiger partial charge in [-0.15, -0.1) is 0 Å². The van der Waals surface area contributed by atoms with Crippen LogP contribution in [-0.4, -0.2) is 4.98 Å². The Bertz CT molecular complexity index is 234. The smallest absolute Gasteiger partial charge is 0.323 e. The number of aromatic nitrogens is 1. The summed E-state index contributed by atoms with van der Waals surface area (Å²) in [6.07, 6.45) is 3.56. The summed E-state index contributed by atoms with van der Waals surface area (Å²) in [6.45, 7) is 12.7. The summed E-state index contributed by atoms with van der Waals surface area (Å²) in [7, 11) is 0. The molecule has 0 aliphatic heterocycles. The molecule has 0 aliphatic rings. The Hall–Kier alpha value is -0.162. The molecule has 0 N–H and O–H groups in total. The Kier molecular flexibility index (Phi) is 9.25. The van der Waals surface area contributed by atoms with E-state index in [2.05, 4.69) is 52.6 Å². The molecule has 1 heterocycles. The molecule has 0 atom stereocenters. The molecule has 0 aromatic carbocycles. The second-order valence-corrected chi connectivity index (χ2v) is 4.92.